The van der Waals surface area contributed by atoms with E-state index in [1.165, 1.54) is 146 Å². The van der Waals surface area contributed by atoms with Gasteiger partial charge < -0.3 is 22.1 Å². The summed E-state index contributed by atoms with van der Waals surface area (Å²) < 4.78 is 0. The second-order valence-electron chi connectivity index (χ2n) is 17.5. The van der Waals surface area contributed by atoms with Crippen molar-refractivity contribution in [3.8, 4) is 0 Å². The molecule has 1 saturated heterocycles. The summed E-state index contributed by atoms with van der Waals surface area (Å²) in [4.78, 5) is 0. The van der Waals surface area contributed by atoms with Gasteiger partial charge in [-0.15, -0.1) is 0 Å². The molecule has 7 aliphatic rings. The van der Waals surface area contributed by atoms with Crippen molar-refractivity contribution >= 4 is 0 Å². The Hall–Kier alpha value is -2.24. The average Bonchev–Trinajstić information content (AvgIpc) is 3.71. The molecule has 0 aromatic heterocycles. The van der Waals surface area contributed by atoms with Gasteiger partial charge in [0.15, 0.2) is 0 Å². The van der Waals surface area contributed by atoms with E-state index in [0.29, 0.717) is 23.8 Å². The molecule has 52 heavy (non-hydrogen) atoms. The number of allylic oxidation sites excluding steroid dienone is 13. The quantitative estimate of drug-likeness (QED) is 0.107. The molecule has 1 aliphatic heterocycles. The van der Waals surface area contributed by atoms with Crippen LogP contribution >= 0.6 is 0 Å². The predicted octanol–water partition coefficient (Wildman–Crippen LogP) is 10.4. The molecule has 4 heteroatoms. The molecule has 0 spiro atoms. The van der Waals surface area contributed by atoms with E-state index in [2.05, 4.69) is 60.1 Å². The van der Waals surface area contributed by atoms with E-state index in [0.717, 1.165) is 31.8 Å². The van der Waals surface area contributed by atoms with Gasteiger partial charge in [-0.25, -0.2) is 0 Å². The van der Waals surface area contributed by atoms with Crippen LogP contribution in [0, 0.1) is 23.7 Å². The van der Waals surface area contributed by atoms with Crippen LogP contribution in [0.4, 0.5) is 0 Å². The van der Waals surface area contributed by atoms with E-state index in [4.69, 9.17) is 11.5 Å². The lowest BCUT2D eigenvalue weighted by molar-refractivity contribution is 0.426. The maximum atomic E-state index is 7.08. The molecular formula is C48H72N4. The zero-order valence-corrected chi connectivity index (χ0v) is 32.8. The molecule has 2 fully saturated rings. The van der Waals surface area contributed by atoms with Crippen molar-refractivity contribution in [2.45, 2.75) is 154 Å². The fraction of sp³-hybridized carbons (Fsp3) is 0.667. The molecule has 4 nitrogen and oxygen atoms in total. The van der Waals surface area contributed by atoms with Crippen LogP contribution in [0.15, 0.2) is 92.7 Å². The van der Waals surface area contributed by atoms with Crippen LogP contribution in [0.2, 0.25) is 0 Å². The first-order valence-corrected chi connectivity index (χ1v) is 22.1. The van der Waals surface area contributed by atoms with Crippen LogP contribution in [0.5, 0.6) is 0 Å². The van der Waals surface area contributed by atoms with Crippen LogP contribution in [0.3, 0.4) is 0 Å². The summed E-state index contributed by atoms with van der Waals surface area (Å²) in [6.07, 6.45) is 43.9. The minimum absolute atomic E-state index is 0.117. The Morgan fingerprint density at radius 2 is 1.75 bits per heavy atom. The molecular weight excluding hydrogens is 633 g/mol. The largest absolute Gasteiger partial charge is 0.330 e. The summed E-state index contributed by atoms with van der Waals surface area (Å²) in [5, 5.41) is 7.53. The van der Waals surface area contributed by atoms with Gasteiger partial charge in [-0.05, 0) is 201 Å². The van der Waals surface area contributed by atoms with Gasteiger partial charge in [0.2, 0.25) is 0 Å². The number of hydrogen-bond donors (Lipinski definition) is 4. The van der Waals surface area contributed by atoms with Crippen molar-refractivity contribution < 1.29 is 0 Å². The highest BCUT2D eigenvalue weighted by Gasteiger charge is 2.35. The molecule has 6 aliphatic carbocycles. The molecule has 6 atom stereocenters. The normalized spacial score (nSPS) is 30.8. The highest BCUT2D eigenvalue weighted by molar-refractivity contribution is 5.53. The summed E-state index contributed by atoms with van der Waals surface area (Å²) in [5.41, 5.74) is 28.1. The van der Waals surface area contributed by atoms with Gasteiger partial charge in [-0.1, -0.05) is 71.2 Å². The summed E-state index contributed by atoms with van der Waals surface area (Å²) >= 11 is 0. The Balaban J connectivity index is 1.11. The first-order valence-electron chi connectivity index (χ1n) is 22.1. The van der Waals surface area contributed by atoms with Gasteiger partial charge in [0.1, 0.15) is 0 Å². The molecule has 0 radical (unpaired) electrons. The van der Waals surface area contributed by atoms with Crippen molar-refractivity contribution in [1.82, 2.24) is 10.6 Å². The van der Waals surface area contributed by atoms with Crippen LogP contribution in [0.25, 0.3) is 0 Å². The number of nitrogens with one attached hydrogen (secondary N) is 2. The maximum Gasteiger partial charge on any atom is 0.0269 e. The Morgan fingerprint density at radius 3 is 2.60 bits per heavy atom. The monoisotopic (exact) mass is 705 g/mol. The molecule has 0 bridgehead atoms. The Bertz CT molecular complexity index is 1490. The van der Waals surface area contributed by atoms with Gasteiger partial charge in [0.25, 0.3) is 0 Å². The van der Waals surface area contributed by atoms with Gasteiger partial charge in [0, 0.05) is 24.5 Å². The van der Waals surface area contributed by atoms with Crippen LogP contribution in [-0.2, 0) is 0 Å². The van der Waals surface area contributed by atoms with Crippen LogP contribution in [0.1, 0.15) is 142 Å². The van der Waals surface area contributed by atoms with Crippen molar-refractivity contribution in [2.24, 2.45) is 35.1 Å². The third kappa shape index (κ3) is 9.34. The van der Waals surface area contributed by atoms with Crippen molar-refractivity contribution in [3.05, 3.63) is 92.7 Å². The van der Waals surface area contributed by atoms with Crippen molar-refractivity contribution in [3.63, 3.8) is 0 Å². The van der Waals surface area contributed by atoms with Gasteiger partial charge >= 0.3 is 0 Å². The molecule has 7 rings (SSSR count). The van der Waals surface area contributed by atoms with Crippen LogP contribution in [-0.4, -0.2) is 38.3 Å². The van der Waals surface area contributed by atoms with Gasteiger partial charge in [-0.3, -0.25) is 0 Å². The van der Waals surface area contributed by atoms with Gasteiger partial charge in [0.05, 0.1) is 0 Å². The number of hydrogen-bond acceptors (Lipinski definition) is 4. The first kappa shape index (κ1) is 38.1. The minimum Gasteiger partial charge on any atom is -0.330 e. The summed E-state index contributed by atoms with van der Waals surface area (Å²) in [6, 6.07) is 0.586. The number of nitrogens with two attached hydrogens (primary N) is 2. The minimum atomic E-state index is 0.117. The molecule has 0 amide bonds. The summed E-state index contributed by atoms with van der Waals surface area (Å²) in [5.74, 6) is 2.88. The summed E-state index contributed by atoms with van der Waals surface area (Å²) in [6.45, 7) is 6.44. The van der Waals surface area contributed by atoms with E-state index in [1.54, 1.807) is 22.3 Å². The smallest absolute Gasteiger partial charge is 0.0269 e. The van der Waals surface area contributed by atoms with Crippen molar-refractivity contribution in [1.29, 1.82) is 0 Å². The highest BCUT2D eigenvalue weighted by Crippen LogP contribution is 2.51. The van der Waals surface area contributed by atoms with E-state index in [-0.39, 0.29) is 6.04 Å². The molecule has 0 aromatic carbocycles. The fourth-order valence-electron chi connectivity index (χ4n) is 11.2. The Labute approximate surface area is 317 Å². The van der Waals surface area contributed by atoms with E-state index in [9.17, 15) is 0 Å². The zero-order chi connectivity index (χ0) is 35.7. The standard InChI is InChI=1S/C48H72N4/c1-34(20-21-39(48(50)19-10-11-35-28-30-51-32-35)33-52-40-24-22-36-12-2-3-14-38(36)31-40)41-26-27-47(45-18-7-6-16-43(41)45)46-25-23-37(13-8-9-29-49)42-15-4-5-17-44(42)46/h2,8,12-13,20-21,31,35-37,40,46,48,51-52H,3-7,9-11,14-19,22-30,32-33,49-50H2,1H3/b13-8+,34-20+,39-21+/t35?,36?,37?,40?,46?,48-/m0/s1. The summed E-state index contributed by atoms with van der Waals surface area (Å²) in [7, 11) is 0. The zero-order valence-electron chi connectivity index (χ0n) is 32.8. The second-order valence-corrected chi connectivity index (χ2v) is 17.5. The number of fused-ring (bicyclic) bond motifs is 2. The highest BCUT2D eigenvalue weighted by atomic mass is 14.9. The SMILES string of the molecule is C/C(=C\C=C(/CNC1C=C2CCC=CC2CC1)[C@@H](N)CCCC1CCNC1)C1=C2CCCCC2=C(C2CCC(/C=C/CCN)C3=C2CCCC3)CC1. The third-order valence-corrected chi connectivity index (χ3v) is 14.2. The fourth-order valence-corrected chi connectivity index (χ4v) is 11.2. The molecule has 1 heterocycles. The lowest BCUT2D eigenvalue weighted by Gasteiger charge is -2.41. The van der Waals surface area contributed by atoms with E-state index in [1.807, 2.05) is 16.7 Å². The number of rotatable bonds is 14. The molecule has 6 N–H and O–H groups in total. The molecule has 0 aromatic rings. The molecule has 1 saturated carbocycles. The third-order valence-electron chi connectivity index (χ3n) is 14.2. The molecule has 284 valence electrons. The predicted molar refractivity (Wildman–Crippen MR) is 222 cm³/mol. The van der Waals surface area contributed by atoms with Gasteiger partial charge in [-0.2, -0.15) is 0 Å². The van der Waals surface area contributed by atoms with E-state index >= 15 is 0 Å². The van der Waals surface area contributed by atoms with Crippen molar-refractivity contribution in [2.75, 3.05) is 26.2 Å². The topological polar surface area (TPSA) is 76.1 Å². The Morgan fingerprint density at radius 1 is 0.904 bits per heavy atom. The lowest BCUT2D eigenvalue weighted by atomic mass is 9.64. The lowest BCUT2D eigenvalue weighted by Crippen LogP contribution is -2.36. The first-order chi connectivity index (χ1) is 25.6. The van der Waals surface area contributed by atoms with Crippen LogP contribution < -0.4 is 22.1 Å². The maximum absolute atomic E-state index is 7.08. The second kappa shape index (κ2) is 18.9. The molecule has 5 unspecified atom stereocenters. The average molecular weight is 705 g/mol. The van der Waals surface area contributed by atoms with E-state index < -0.39 is 0 Å². The Kier molecular flexibility index (Phi) is 13.8.